The minimum atomic E-state index is -4.50. The van der Waals surface area contributed by atoms with Gasteiger partial charge in [-0.2, -0.15) is 18.2 Å². The summed E-state index contributed by atoms with van der Waals surface area (Å²) in [6.07, 6.45) is -4.69. The fourth-order valence-electron chi connectivity index (χ4n) is 2.15. The molecule has 0 saturated carbocycles. The number of thioether (sulfide) groups is 1. The second kappa shape index (κ2) is 6.39. The van der Waals surface area contributed by atoms with Crippen molar-refractivity contribution >= 4 is 35.3 Å². The minimum absolute atomic E-state index is 0.0778. The van der Waals surface area contributed by atoms with Gasteiger partial charge >= 0.3 is 12.2 Å². The zero-order valence-electron chi connectivity index (χ0n) is 12.7. The van der Waals surface area contributed by atoms with Gasteiger partial charge in [-0.3, -0.25) is 14.9 Å². The molecule has 1 unspecified atom stereocenters. The van der Waals surface area contributed by atoms with Crippen LogP contribution in [0.15, 0.2) is 27.6 Å². The van der Waals surface area contributed by atoms with Crippen LogP contribution in [0.1, 0.15) is 17.8 Å². The first kappa shape index (κ1) is 17.3. The third-order valence-electron chi connectivity index (χ3n) is 3.27. The van der Waals surface area contributed by atoms with Crippen molar-refractivity contribution in [2.24, 2.45) is 0 Å². The number of halogens is 3. The van der Waals surface area contributed by atoms with E-state index in [-0.39, 0.29) is 18.1 Å². The summed E-state index contributed by atoms with van der Waals surface area (Å²) in [7, 11) is 0. The van der Waals surface area contributed by atoms with Crippen molar-refractivity contribution in [1.29, 1.82) is 0 Å². The molecule has 2 amide bonds. The van der Waals surface area contributed by atoms with Crippen LogP contribution in [0.3, 0.4) is 0 Å². The van der Waals surface area contributed by atoms with E-state index in [2.05, 4.69) is 20.8 Å². The first-order valence-corrected chi connectivity index (χ1v) is 7.89. The van der Waals surface area contributed by atoms with Crippen LogP contribution in [0.2, 0.25) is 0 Å². The van der Waals surface area contributed by atoms with Crippen LogP contribution < -0.4 is 10.6 Å². The number of amides is 2. The van der Waals surface area contributed by atoms with Crippen molar-refractivity contribution in [1.82, 2.24) is 10.1 Å². The number of hydrogen-bond acceptors (Lipinski definition) is 6. The second-order valence-corrected chi connectivity index (χ2v) is 6.45. The molecule has 0 aliphatic carbocycles. The number of aromatic nitrogens is 2. The number of hydrogen-bond donors (Lipinski definition) is 2. The number of nitrogens with zero attached hydrogens (tertiary/aromatic N) is 2. The van der Waals surface area contributed by atoms with Crippen LogP contribution in [0, 0.1) is 6.92 Å². The number of anilines is 2. The summed E-state index contributed by atoms with van der Waals surface area (Å²) in [6, 6.07) is 2.99. The fraction of sp³-hybridized carbons (Fsp3) is 0.286. The van der Waals surface area contributed by atoms with Gasteiger partial charge in [0.05, 0.1) is 16.5 Å². The van der Waals surface area contributed by atoms with E-state index in [1.807, 2.05) is 0 Å². The molecule has 2 heterocycles. The summed E-state index contributed by atoms with van der Waals surface area (Å²) in [5.41, 5.74) is -0.774. The van der Waals surface area contributed by atoms with E-state index >= 15 is 0 Å². The van der Waals surface area contributed by atoms with Crippen molar-refractivity contribution in [2.75, 3.05) is 10.6 Å². The Morgan fingerprint density at radius 3 is 2.84 bits per heavy atom. The maximum atomic E-state index is 12.7. The number of aryl methyl sites for hydroxylation is 1. The van der Waals surface area contributed by atoms with Crippen LogP contribution in [0.25, 0.3) is 0 Å². The van der Waals surface area contributed by atoms with Crippen LogP contribution in [0.4, 0.5) is 24.9 Å². The number of alkyl halides is 3. The molecule has 132 valence electrons. The average Bonchev–Trinajstić information content (AvgIpc) is 2.91. The molecule has 0 spiro atoms. The maximum Gasteiger partial charge on any atom is 0.416 e. The van der Waals surface area contributed by atoms with Crippen molar-refractivity contribution < 1.29 is 27.3 Å². The number of carbonyl (C=O) groups excluding carboxylic acids is 2. The molecule has 0 radical (unpaired) electrons. The van der Waals surface area contributed by atoms with Crippen molar-refractivity contribution in [2.45, 2.75) is 29.7 Å². The average molecular weight is 372 g/mol. The van der Waals surface area contributed by atoms with E-state index in [4.69, 9.17) is 4.52 Å². The van der Waals surface area contributed by atoms with Crippen LogP contribution in [0.5, 0.6) is 0 Å². The summed E-state index contributed by atoms with van der Waals surface area (Å²) in [5, 5.41) is 7.49. The minimum Gasteiger partial charge on any atom is -0.324 e. The molecule has 0 fully saturated rings. The largest absolute Gasteiger partial charge is 0.416 e. The number of rotatable bonds is 3. The van der Waals surface area contributed by atoms with Gasteiger partial charge in [0.1, 0.15) is 0 Å². The zero-order valence-corrected chi connectivity index (χ0v) is 13.5. The first-order valence-electron chi connectivity index (χ1n) is 7.01. The lowest BCUT2D eigenvalue weighted by Crippen LogP contribution is -2.32. The molecule has 25 heavy (non-hydrogen) atoms. The van der Waals surface area contributed by atoms with Gasteiger partial charge < -0.3 is 9.84 Å². The van der Waals surface area contributed by atoms with Gasteiger partial charge in [0.25, 0.3) is 0 Å². The lowest BCUT2D eigenvalue weighted by molar-refractivity contribution is -0.137. The Balaban J connectivity index is 1.69. The highest BCUT2D eigenvalue weighted by molar-refractivity contribution is 8.01. The topological polar surface area (TPSA) is 97.1 Å². The molecule has 2 N–H and O–H groups in total. The van der Waals surface area contributed by atoms with Gasteiger partial charge in [0, 0.05) is 11.3 Å². The molecule has 1 aromatic carbocycles. The maximum absolute atomic E-state index is 12.7. The molecule has 0 saturated heterocycles. The van der Waals surface area contributed by atoms with Crippen molar-refractivity contribution in [3.05, 3.63) is 29.6 Å². The monoisotopic (exact) mass is 372 g/mol. The number of benzene rings is 1. The number of carbonyl (C=O) groups is 2. The van der Waals surface area contributed by atoms with Crippen LogP contribution in [-0.4, -0.2) is 27.2 Å². The summed E-state index contributed by atoms with van der Waals surface area (Å²) >= 11 is 1.02. The standard InChI is InChI=1S/C14H11F3N4O3S/c1-6-18-13(24-21-6)20-11(22)5-10-12(23)19-8-4-7(14(15,16)17)2-3-9(8)25-10/h2-4,10H,5H2,1H3,(H,19,23)(H,18,20,21,22). The lowest BCUT2D eigenvalue weighted by atomic mass is 10.1. The Hall–Kier alpha value is -2.56. The van der Waals surface area contributed by atoms with Crippen LogP contribution in [-0.2, 0) is 15.8 Å². The lowest BCUT2D eigenvalue weighted by Gasteiger charge is -2.24. The van der Waals surface area contributed by atoms with E-state index < -0.39 is 28.8 Å². The third-order valence-corrected chi connectivity index (χ3v) is 4.55. The highest BCUT2D eigenvalue weighted by Gasteiger charge is 2.34. The van der Waals surface area contributed by atoms with E-state index in [9.17, 15) is 22.8 Å². The quantitative estimate of drug-likeness (QED) is 0.860. The molecule has 1 aromatic heterocycles. The van der Waals surface area contributed by atoms with Gasteiger partial charge in [-0.15, -0.1) is 11.8 Å². The Kier molecular flexibility index (Phi) is 4.41. The van der Waals surface area contributed by atoms with Gasteiger partial charge in [-0.05, 0) is 25.1 Å². The SMILES string of the molecule is Cc1noc(NC(=O)CC2Sc3ccc(C(F)(F)F)cc3NC2=O)n1. The van der Waals surface area contributed by atoms with E-state index in [1.54, 1.807) is 6.92 Å². The van der Waals surface area contributed by atoms with Crippen LogP contribution >= 0.6 is 11.8 Å². The molecular weight excluding hydrogens is 361 g/mol. The number of nitrogens with one attached hydrogen (secondary N) is 2. The summed E-state index contributed by atoms with van der Waals surface area (Å²) < 4.78 is 42.9. The summed E-state index contributed by atoms with van der Waals surface area (Å²) in [6.45, 7) is 1.58. The zero-order chi connectivity index (χ0) is 18.2. The summed E-state index contributed by atoms with van der Waals surface area (Å²) in [5.74, 6) is -0.727. The fourth-order valence-corrected chi connectivity index (χ4v) is 3.24. The Morgan fingerprint density at radius 2 is 2.20 bits per heavy atom. The van der Waals surface area contributed by atoms with Crippen molar-refractivity contribution in [3.8, 4) is 0 Å². The molecule has 1 aliphatic heterocycles. The molecule has 11 heteroatoms. The van der Waals surface area contributed by atoms with E-state index in [0.29, 0.717) is 10.7 Å². The normalized spacial score (nSPS) is 17.0. The highest BCUT2D eigenvalue weighted by atomic mass is 32.2. The third kappa shape index (κ3) is 3.92. The van der Waals surface area contributed by atoms with Gasteiger partial charge in [0.2, 0.25) is 11.8 Å². The van der Waals surface area contributed by atoms with E-state index in [1.165, 1.54) is 6.07 Å². The molecular formula is C14H11F3N4O3S. The van der Waals surface area contributed by atoms with Gasteiger partial charge in [-0.25, -0.2) is 0 Å². The smallest absolute Gasteiger partial charge is 0.324 e. The molecule has 1 aliphatic rings. The number of fused-ring (bicyclic) bond motifs is 1. The predicted octanol–water partition coefficient (Wildman–Crippen LogP) is 2.84. The molecule has 0 bridgehead atoms. The van der Waals surface area contributed by atoms with Crippen molar-refractivity contribution in [3.63, 3.8) is 0 Å². The Labute approximate surface area is 143 Å². The molecule has 7 nitrogen and oxygen atoms in total. The molecule has 3 rings (SSSR count). The summed E-state index contributed by atoms with van der Waals surface area (Å²) in [4.78, 5) is 28.3. The molecule has 2 aromatic rings. The Bertz CT molecular complexity index is 837. The first-order chi connectivity index (χ1) is 11.7. The second-order valence-electron chi connectivity index (χ2n) is 5.20. The van der Waals surface area contributed by atoms with E-state index in [0.717, 1.165) is 23.9 Å². The van der Waals surface area contributed by atoms with Gasteiger partial charge in [-0.1, -0.05) is 5.16 Å². The van der Waals surface area contributed by atoms with Gasteiger partial charge in [0.15, 0.2) is 5.82 Å². The predicted molar refractivity (Wildman–Crippen MR) is 82.0 cm³/mol. The Morgan fingerprint density at radius 1 is 1.44 bits per heavy atom. The molecule has 1 atom stereocenters. The highest BCUT2D eigenvalue weighted by Crippen LogP contribution is 2.40.